The van der Waals surface area contributed by atoms with Gasteiger partial charge in [-0.2, -0.15) is 0 Å². The fourth-order valence-electron chi connectivity index (χ4n) is 4.21. The standard InChI is InChI=1S/C28H30N2O4/c1-33-24-13-9-21(10-14-24)26(30-17-5-6-18-30)19-29-27(31)20-34-25-15-11-23(12-16-25)28(32)22-7-3-2-4-8-22/h2-4,7-16,26H,5-6,17-20H2,1H3,(H,29,31). The van der Waals surface area contributed by atoms with Crippen LogP contribution in [-0.2, 0) is 4.79 Å². The number of rotatable bonds is 10. The number of nitrogens with zero attached hydrogens (tertiary/aromatic N) is 1. The molecule has 0 spiro atoms. The Morgan fingerprint density at radius 3 is 2.12 bits per heavy atom. The van der Waals surface area contributed by atoms with Crippen LogP contribution >= 0.6 is 0 Å². The minimum atomic E-state index is -0.179. The van der Waals surface area contributed by atoms with Gasteiger partial charge in [0.25, 0.3) is 5.91 Å². The van der Waals surface area contributed by atoms with E-state index in [1.807, 2.05) is 30.3 Å². The summed E-state index contributed by atoms with van der Waals surface area (Å²) in [6.07, 6.45) is 2.35. The Kier molecular flexibility index (Phi) is 7.94. The van der Waals surface area contributed by atoms with Crippen LogP contribution in [0.2, 0.25) is 0 Å². The molecule has 176 valence electrons. The molecule has 1 N–H and O–H groups in total. The average molecular weight is 459 g/mol. The molecule has 1 fully saturated rings. The van der Waals surface area contributed by atoms with Gasteiger partial charge in [0.15, 0.2) is 12.4 Å². The molecule has 0 radical (unpaired) electrons. The van der Waals surface area contributed by atoms with Crippen molar-refractivity contribution in [3.05, 3.63) is 95.6 Å². The lowest BCUT2D eigenvalue weighted by Gasteiger charge is -2.28. The van der Waals surface area contributed by atoms with Crippen molar-refractivity contribution >= 4 is 11.7 Å². The Morgan fingerprint density at radius 1 is 0.853 bits per heavy atom. The molecule has 0 bridgehead atoms. The molecule has 1 heterocycles. The van der Waals surface area contributed by atoms with Gasteiger partial charge in [-0.1, -0.05) is 42.5 Å². The van der Waals surface area contributed by atoms with Crippen molar-refractivity contribution in [1.29, 1.82) is 0 Å². The first-order chi connectivity index (χ1) is 16.6. The van der Waals surface area contributed by atoms with Crippen molar-refractivity contribution in [3.63, 3.8) is 0 Å². The van der Waals surface area contributed by atoms with E-state index >= 15 is 0 Å². The summed E-state index contributed by atoms with van der Waals surface area (Å²) < 4.78 is 10.9. The highest BCUT2D eigenvalue weighted by Crippen LogP contribution is 2.26. The normalized spacial score (nSPS) is 14.4. The predicted molar refractivity (Wildman–Crippen MR) is 131 cm³/mol. The van der Waals surface area contributed by atoms with E-state index < -0.39 is 0 Å². The molecule has 6 heteroatoms. The number of methoxy groups -OCH3 is 1. The Morgan fingerprint density at radius 2 is 1.47 bits per heavy atom. The van der Waals surface area contributed by atoms with Gasteiger partial charge in [0.1, 0.15) is 11.5 Å². The van der Waals surface area contributed by atoms with Crippen molar-refractivity contribution in [3.8, 4) is 11.5 Å². The van der Waals surface area contributed by atoms with Gasteiger partial charge in [-0.3, -0.25) is 14.5 Å². The second kappa shape index (κ2) is 11.5. The zero-order valence-corrected chi connectivity index (χ0v) is 19.4. The van der Waals surface area contributed by atoms with Gasteiger partial charge in [-0.05, 0) is 67.9 Å². The largest absolute Gasteiger partial charge is 0.497 e. The van der Waals surface area contributed by atoms with Crippen molar-refractivity contribution in [2.24, 2.45) is 0 Å². The molecule has 6 nitrogen and oxygen atoms in total. The van der Waals surface area contributed by atoms with E-state index in [2.05, 4.69) is 22.3 Å². The highest BCUT2D eigenvalue weighted by atomic mass is 16.5. The second-order valence-corrected chi connectivity index (χ2v) is 8.34. The van der Waals surface area contributed by atoms with Crippen molar-refractivity contribution in [2.45, 2.75) is 18.9 Å². The number of likely N-dealkylation sites (tertiary alicyclic amines) is 1. The number of carbonyl (C=O) groups is 2. The van der Waals surface area contributed by atoms with E-state index in [1.165, 1.54) is 12.8 Å². The second-order valence-electron chi connectivity index (χ2n) is 8.34. The molecule has 4 rings (SSSR count). The quantitative estimate of drug-likeness (QED) is 0.460. The van der Waals surface area contributed by atoms with Gasteiger partial charge in [0, 0.05) is 17.7 Å². The average Bonchev–Trinajstić information content (AvgIpc) is 3.43. The number of amides is 1. The maximum atomic E-state index is 12.5. The SMILES string of the molecule is COc1ccc(C(CNC(=O)COc2ccc(C(=O)c3ccccc3)cc2)N2CCCC2)cc1. The molecule has 0 aromatic heterocycles. The van der Waals surface area contributed by atoms with Crippen LogP contribution in [-0.4, -0.2) is 49.9 Å². The number of carbonyl (C=O) groups excluding carboxylic acids is 2. The first-order valence-corrected chi connectivity index (χ1v) is 11.6. The van der Waals surface area contributed by atoms with Crippen LogP contribution in [0.4, 0.5) is 0 Å². The minimum Gasteiger partial charge on any atom is -0.497 e. The minimum absolute atomic E-state index is 0.0450. The summed E-state index contributed by atoms with van der Waals surface area (Å²) in [6.45, 7) is 2.48. The molecule has 1 saturated heterocycles. The lowest BCUT2D eigenvalue weighted by atomic mass is 10.0. The van der Waals surface area contributed by atoms with Gasteiger partial charge in [-0.25, -0.2) is 0 Å². The molecular weight excluding hydrogens is 428 g/mol. The molecule has 3 aromatic carbocycles. The lowest BCUT2D eigenvalue weighted by Crippen LogP contribution is -2.38. The summed E-state index contributed by atoms with van der Waals surface area (Å²) in [5, 5.41) is 3.02. The first kappa shape index (κ1) is 23.5. The van der Waals surface area contributed by atoms with Crippen LogP contribution in [0.15, 0.2) is 78.9 Å². The number of ether oxygens (including phenoxy) is 2. The van der Waals surface area contributed by atoms with Crippen LogP contribution in [0.1, 0.15) is 40.4 Å². The number of hydrogen-bond acceptors (Lipinski definition) is 5. The van der Waals surface area contributed by atoms with Crippen molar-refractivity contribution < 1.29 is 19.1 Å². The molecule has 0 saturated carbocycles. The van der Waals surface area contributed by atoms with E-state index in [4.69, 9.17) is 9.47 Å². The highest BCUT2D eigenvalue weighted by molar-refractivity contribution is 6.08. The Balaban J connectivity index is 1.30. The molecule has 3 aromatic rings. The van der Waals surface area contributed by atoms with Gasteiger partial charge < -0.3 is 14.8 Å². The summed E-state index contributed by atoms with van der Waals surface area (Å²) in [4.78, 5) is 27.4. The van der Waals surface area contributed by atoms with E-state index in [9.17, 15) is 9.59 Å². The molecule has 1 aliphatic rings. The molecular formula is C28H30N2O4. The lowest BCUT2D eigenvalue weighted by molar-refractivity contribution is -0.123. The Bertz CT molecular complexity index is 1080. The van der Waals surface area contributed by atoms with Crippen molar-refractivity contribution in [1.82, 2.24) is 10.2 Å². The van der Waals surface area contributed by atoms with Gasteiger partial charge in [0.05, 0.1) is 13.2 Å². The third-order valence-electron chi connectivity index (χ3n) is 6.10. The fraction of sp³-hybridized carbons (Fsp3) is 0.286. The summed E-state index contributed by atoms with van der Waals surface area (Å²) in [6, 6.07) is 24.1. The maximum absolute atomic E-state index is 12.5. The van der Waals surface area contributed by atoms with Crippen LogP contribution in [0.3, 0.4) is 0 Å². The number of nitrogens with one attached hydrogen (secondary N) is 1. The zero-order valence-electron chi connectivity index (χ0n) is 19.4. The summed E-state index contributed by atoms with van der Waals surface area (Å²) in [7, 11) is 1.65. The van der Waals surface area contributed by atoms with Crippen LogP contribution in [0.5, 0.6) is 11.5 Å². The smallest absolute Gasteiger partial charge is 0.258 e. The third kappa shape index (κ3) is 6.02. The molecule has 1 unspecified atom stereocenters. The molecule has 1 aliphatic heterocycles. The van der Waals surface area contributed by atoms with E-state index in [0.717, 1.165) is 24.4 Å². The Labute approximate surface area is 200 Å². The summed E-state index contributed by atoms with van der Waals surface area (Å²) in [5.74, 6) is 1.14. The third-order valence-corrected chi connectivity index (χ3v) is 6.10. The summed E-state index contributed by atoms with van der Waals surface area (Å²) >= 11 is 0. The van der Waals surface area contributed by atoms with Crippen molar-refractivity contribution in [2.75, 3.05) is 33.4 Å². The van der Waals surface area contributed by atoms with E-state index in [0.29, 0.717) is 23.4 Å². The number of ketones is 1. The topological polar surface area (TPSA) is 67.9 Å². The van der Waals surface area contributed by atoms with Gasteiger partial charge in [-0.15, -0.1) is 0 Å². The fourth-order valence-corrected chi connectivity index (χ4v) is 4.21. The first-order valence-electron chi connectivity index (χ1n) is 11.6. The molecule has 0 aliphatic carbocycles. The van der Waals surface area contributed by atoms with Gasteiger partial charge >= 0.3 is 0 Å². The highest BCUT2D eigenvalue weighted by Gasteiger charge is 2.24. The zero-order chi connectivity index (χ0) is 23.8. The summed E-state index contributed by atoms with van der Waals surface area (Å²) in [5.41, 5.74) is 2.37. The Hall–Kier alpha value is -3.64. The van der Waals surface area contributed by atoms with Crippen LogP contribution in [0.25, 0.3) is 0 Å². The molecule has 1 amide bonds. The number of hydrogen-bond donors (Lipinski definition) is 1. The molecule has 34 heavy (non-hydrogen) atoms. The van der Waals surface area contributed by atoms with E-state index in [1.54, 1.807) is 43.5 Å². The van der Waals surface area contributed by atoms with Gasteiger partial charge in [0.2, 0.25) is 0 Å². The van der Waals surface area contributed by atoms with E-state index in [-0.39, 0.29) is 24.3 Å². The monoisotopic (exact) mass is 458 g/mol. The van der Waals surface area contributed by atoms with Crippen LogP contribution in [0, 0.1) is 0 Å². The maximum Gasteiger partial charge on any atom is 0.258 e. The molecule has 1 atom stereocenters. The van der Waals surface area contributed by atoms with Crippen LogP contribution < -0.4 is 14.8 Å². The predicted octanol–water partition coefficient (Wildman–Crippen LogP) is 4.26. The number of benzene rings is 3.